The van der Waals surface area contributed by atoms with Gasteiger partial charge in [-0.2, -0.15) is 0 Å². The largest absolute Gasteiger partial charge is 0.396 e. The van der Waals surface area contributed by atoms with E-state index in [4.69, 9.17) is 5.11 Å². The van der Waals surface area contributed by atoms with Crippen molar-refractivity contribution in [1.82, 2.24) is 5.32 Å². The van der Waals surface area contributed by atoms with E-state index in [1.54, 1.807) is 0 Å². The van der Waals surface area contributed by atoms with Gasteiger partial charge in [0, 0.05) is 18.7 Å². The lowest BCUT2D eigenvalue weighted by Gasteiger charge is -2.35. The first-order valence-corrected chi connectivity index (χ1v) is 5.85. The molecule has 3 N–H and O–H groups in total. The van der Waals surface area contributed by atoms with Crippen LogP contribution in [-0.2, 0) is 0 Å². The Kier molecular flexibility index (Phi) is 5.78. The first kappa shape index (κ1) is 14.9. The molecule has 2 unspecified atom stereocenters. The van der Waals surface area contributed by atoms with Gasteiger partial charge in [0.2, 0.25) is 0 Å². The average Bonchev–Trinajstić information content (AvgIpc) is 2.15. The second-order valence-electron chi connectivity index (χ2n) is 5.25. The Hall–Kier alpha value is -0.120. The Labute approximate surface area is 93.9 Å². The van der Waals surface area contributed by atoms with E-state index < -0.39 is 5.60 Å². The molecule has 0 spiro atoms. The summed E-state index contributed by atoms with van der Waals surface area (Å²) >= 11 is 0. The van der Waals surface area contributed by atoms with Crippen LogP contribution in [0, 0.1) is 5.92 Å². The Bertz CT molecular complexity index is 180. The van der Waals surface area contributed by atoms with Crippen LogP contribution in [0.1, 0.15) is 47.5 Å². The van der Waals surface area contributed by atoms with E-state index in [0.717, 1.165) is 12.8 Å². The minimum absolute atomic E-state index is 0.0758. The summed E-state index contributed by atoms with van der Waals surface area (Å²) in [6.45, 7) is 10.8. The van der Waals surface area contributed by atoms with Crippen molar-refractivity contribution in [3.63, 3.8) is 0 Å². The smallest absolute Gasteiger partial charge is 0.0766 e. The monoisotopic (exact) mass is 217 g/mol. The highest BCUT2D eigenvalue weighted by molar-refractivity contribution is 4.87. The van der Waals surface area contributed by atoms with E-state index >= 15 is 0 Å². The maximum atomic E-state index is 10.1. The van der Waals surface area contributed by atoms with Crippen molar-refractivity contribution in [3.05, 3.63) is 0 Å². The van der Waals surface area contributed by atoms with Gasteiger partial charge in [-0.25, -0.2) is 0 Å². The molecular weight excluding hydrogens is 190 g/mol. The first-order chi connectivity index (χ1) is 6.77. The van der Waals surface area contributed by atoms with Gasteiger partial charge in [0.05, 0.1) is 5.60 Å². The van der Waals surface area contributed by atoms with Crippen LogP contribution in [0.5, 0.6) is 0 Å². The van der Waals surface area contributed by atoms with E-state index in [0.29, 0.717) is 6.54 Å². The Balaban J connectivity index is 4.22. The molecule has 0 heterocycles. The van der Waals surface area contributed by atoms with Crippen molar-refractivity contribution in [2.75, 3.05) is 13.2 Å². The molecule has 0 aromatic rings. The molecule has 0 aliphatic heterocycles. The summed E-state index contributed by atoms with van der Waals surface area (Å²) in [5.74, 6) is 0.222. The highest BCUT2D eigenvalue weighted by atomic mass is 16.3. The molecule has 0 rings (SSSR count). The van der Waals surface area contributed by atoms with E-state index in [1.165, 1.54) is 0 Å². The van der Waals surface area contributed by atoms with Gasteiger partial charge < -0.3 is 15.5 Å². The summed E-state index contributed by atoms with van der Waals surface area (Å²) < 4.78 is 0. The molecule has 0 saturated heterocycles. The van der Waals surface area contributed by atoms with Gasteiger partial charge in [-0.15, -0.1) is 0 Å². The summed E-state index contributed by atoms with van der Waals surface area (Å²) in [7, 11) is 0. The van der Waals surface area contributed by atoms with E-state index in [-0.39, 0.29) is 18.1 Å². The molecule has 2 atom stereocenters. The van der Waals surface area contributed by atoms with Crippen molar-refractivity contribution < 1.29 is 10.2 Å². The van der Waals surface area contributed by atoms with Gasteiger partial charge in [-0.3, -0.25) is 0 Å². The summed E-state index contributed by atoms with van der Waals surface area (Å²) in [5, 5.41) is 22.4. The molecule has 0 aromatic carbocycles. The zero-order chi connectivity index (χ0) is 12.1. The molecule has 92 valence electrons. The predicted octanol–water partition coefficient (Wildman–Crippen LogP) is 1.53. The van der Waals surface area contributed by atoms with Crippen LogP contribution < -0.4 is 5.32 Å². The van der Waals surface area contributed by atoms with Gasteiger partial charge in [0.25, 0.3) is 0 Å². The topological polar surface area (TPSA) is 52.5 Å². The second-order valence-corrected chi connectivity index (χ2v) is 5.25. The van der Waals surface area contributed by atoms with Crippen LogP contribution in [-0.4, -0.2) is 34.5 Å². The molecule has 3 nitrogen and oxygen atoms in total. The molecule has 3 heteroatoms. The fourth-order valence-electron chi connectivity index (χ4n) is 1.23. The van der Waals surface area contributed by atoms with Crippen LogP contribution in [0.2, 0.25) is 0 Å². The number of β-amino-alcohol motifs (C(OH)–C–C–N with tert-alkyl or cyclic N) is 1. The fourth-order valence-corrected chi connectivity index (χ4v) is 1.23. The number of aliphatic hydroxyl groups is 2. The molecule has 0 saturated carbocycles. The molecule has 0 radical (unpaired) electrons. The van der Waals surface area contributed by atoms with Crippen LogP contribution in [0.4, 0.5) is 0 Å². The van der Waals surface area contributed by atoms with Crippen LogP contribution in [0.3, 0.4) is 0 Å². The Morgan fingerprint density at radius 1 is 1.27 bits per heavy atom. The van der Waals surface area contributed by atoms with Crippen molar-refractivity contribution >= 4 is 0 Å². The molecule has 0 aliphatic rings. The predicted molar refractivity (Wildman–Crippen MR) is 63.9 cm³/mol. The van der Waals surface area contributed by atoms with Gasteiger partial charge in [-0.1, -0.05) is 20.8 Å². The number of aliphatic hydroxyl groups excluding tert-OH is 1. The first-order valence-electron chi connectivity index (χ1n) is 5.85. The lowest BCUT2D eigenvalue weighted by molar-refractivity contribution is 0.00564. The molecule has 0 fully saturated rings. The Morgan fingerprint density at radius 3 is 2.13 bits per heavy atom. The van der Waals surface area contributed by atoms with Gasteiger partial charge >= 0.3 is 0 Å². The summed E-state index contributed by atoms with van der Waals surface area (Å²) in [6, 6.07) is 0. The minimum atomic E-state index is -0.689. The third-order valence-corrected chi connectivity index (χ3v) is 3.56. The van der Waals surface area contributed by atoms with Crippen molar-refractivity contribution in [1.29, 1.82) is 0 Å². The summed E-state index contributed by atoms with van der Waals surface area (Å²) in [4.78, 5) is 0. The highest BCUT2D eigenvalue weighted by Gasteiger charge is 2.29. The normalized spacial score (nSPS) is 20.0. The van der Waals surface area contributed by atoms with Crippen LogP contribution in [0.25, 0.3) is 0 Å². The maximum Gasteiger partial charge on any atom is 0.0766 e. The maximum absolute atomic E-state index is 10.1. The van der Waals surface area contributed by atoms with Crippen LogP contribution in [0.15, 0.2) is 0 Å². The Morgan fingerprint density at radius 2 is 1.80 bits per heavy atom. The van der Waals surface area contributed by atoms with Crippen LogP contribution >= 0.6 is 0 Å². The van der Waals surface area contributed by atoms with E-state index in [1.807, 2.05) is 20.8 Å². The summed E-state index contributed by atoms with van der Waals surface area (Å²) in [6.07, 6.45) is 1.67. The highest BCUT2D eigenvalue weighted by Crippen LogP contribution is 2.19. The molecule has 15 heavy (non-hydrogen) atoms. The SMILES string of the molecule is CCC(C)(CCO)NCC(C)(O)C(C)C. The molecule has 0 amide bonds. The molecular formula is C12H27NO2. The number of hydrogen-bond acceptors (Lipinski definition) is 3. The lowest BCUT2D eigenvalue weighted by Crippen LogP contribution is -2.51. The third-order valence-electron chi connectivity index (χ3n) is 3.56. The quantitative estimate of drug-likeness (QED) is 0.606. The zero-order valence-corrected chi connectivity index (χ0v) is 10.8. The number of hydrogen-bond donors (Lipinski definition) is 3. The molecule has 0 aliphatic carbocycles. The third kappa shape index (κ3) is 4.96. The average molecular weight is 217 g/mol. The van der Waals surface area contributed by atoms with Gasteiger partial charge in [0.1, 0.15) is 0 Å². The number of nitrogens with one attached hydrogen (secondary N) is 1. The zero-order valence-electron chi connectivity index (χ0n) is 10.8. The standard InChI is InChI=1S/C12H27NO2/c1-6-11(4,7-8-14)13-9-12(5,15)10(2)3/h10,13-15H,6-9H2,1-5H3. The lowest BCUT2D eigenvalue weighted by atomic mass is 9.89. The van der Waals surface area contributed by atoms with Gasteiger partial charge in [-0.05, 0) is 32.6 Å². The molecule has 0 aromatic heterocycles. The van der Waals surface area contributed by atoms with E-state index in [9.17, 15) is 5.11 Å². The second kappa shape index (κ2) is 5.83. The van der Waals surface area contributed by atoms with Crippen molar-refractivity contribution in [3.8, 4) is 0 Å². The van der Waals surface area contributed by atoms with Crippen molar-refractivity contribution in [2.24, 2.45) is 5.92 Å². The van der Waals surface area contributed by atoms with E-state index in [2.05, 4.69) is 19.2 Å². The summed E-state index contributed by atoms with van der Waals surface area (Å²) in [5.41, 5.74) is -0.764. The molecule has 0 bridgehead atoms. The minimum Gasteiger partial charge on any atom is -0.396 e. The van der Waals surface area contributed by atoms with Gasteiger partial charge in [0.15, 0.2) is 0 Å². The number of rotatable bonds is 7. The van der Waals surface area contributed by atoms with Crippen molar-refractivity contribution in [2.45, 2.75) is 58.6 Å². The fraction of sp³-hybridized carbons (Fsp3) is 1.00.